The third kappa shape index (κ3) is 2.32. The van der Waals surface area contributed by atoms with Crippen LogP contribution in [0, 0.1) is 0 Å². The lowest BCUT2D eigenvalue weighted by atomic mass is 10.2. The van der Waals surface area contributed by atoms with Gasteiger partial charge in [-0.2, -0.15) is 0 Å². The van der Waals surface area contributed by atoms with Gasteiger partial charge >= 0.3 is 5.97 Å². The quantitative estimate of drug-likeness (QED) is 0.660. The van der Waals surface area contributed by atoms with E-state index >= 15 is 0 Å². The molecule has 0 radical (unpaired) electrons. The van der Waals surface area contributed by atoms with Crippen LogP contribution in [0.5, 0.6) is 0 Å². The molecule has 1 unspecified atom stereocenters. The Balaban J connectivity index is 1.96. The van der Waals surface area contributed by atoms with Gasteiger partial charge in [0.25, 0.3) is 0 Å². The zero-order chi connectivity index (χ0) is 10.7. The van der Waals surface area contributed by atoms with E-state index < -0.39 is 12.3 Å². The lowest BCUT2D eigenvalue weighted by Crippen LogP contribution is -2.36. The molecule has 15 heavy (non-hydrogen) atoms. The van der Waals surface area contributed by atoms with E-state index in [9.17, 15) is 9.59 Å². The lowest BCUT2D eigenvalue weighted by Gasteiger charge is -2.11. The van der Waals surface area contributed by atoms with Gasteiger partial charge in [0.2, 0.25) is 12.3 Å². The summed E-state index contributed by atoms with van der Waals surface area (Å²) in [5.74, 6) is -0.642. The molecule has 0 bridgehead atoms. The summed E-state index contributed by atoms with van der Waals surface area (Å²) in [7, 11) is 0. The molecule has 2 rings (SSSR count). The van der Waals surface area contributed by atoms with Gasteiger partial charge in [-0.15, -0.1) is 0 Å². The van der Waals surface area contributed by atoms with Crippen molar-refractivity contribution < 1.29 is 14.3 Å². The fourth-order valence-electron chi connectivity index (χ4n) is 1.25. The number of hydrogen-bond acceptors (Lipinski definition) is 4. The first kappa shape index (κ1) is 9.67. The van der Waals surface area contributed by atoms with Crippen molar-refractivity contribution in [3.8, 4) is 0 Å². The molecule has 2 N–H and O–H groups in total. The summed E-state index contributed by atoms with van der Waals surface area (Å²) in [5, 5.41) is 5.16. The van der Waals surface area contributed by atoms with E-state index in [4.69, 9.17) is 4.74 Å². The number of amides is 1. The second-order valence-electron chi connectivity index (χ2n) is 3.10. The molecule has 5 nitrogen and oxygen atoms in total. The normalized spacial score (nSPS) is 19.7. The van der Waals surface area contributed by atoms with Gasteiger partial charge in [0.05, 0.1) is 12.1 Å². The maximum absolute atomic E-state index is 11.5. The molecule has 0 saturated carbocycles. The first-order valence-corrected chi connectivity index (χ1v) is 4.54. The van der Waals surface area contributed by atoms with Crippen LogP contribution in [0.2, 0.25) is 0 Å². The Morgan fingerprint density at radius 2 is 2.07 bits per heavy atom. The molecule has 1 aliphatic rings. The summed E-state index contributed by atoms with van der Waals surface area (Å²) in [6.45, 7) is 0.173. The fraction of sp³-hybridized carbons (Fsp3) is 0.200. The van der Waals surface area contributed by atoms with Crippen molar-refractivity contribution in [1.82, 2.24) is 10.6 Å². The van der Waals surface area contributed by atoms with Gasteiger partial charge in [0, 0.05) is 0 Å². The van der Waals surface area contributed by atoms with Gasteiger partial charge in [-0.25, -0.2) is 4.79 Å². The molecule has 1 aromatic carbocycles. The van der Waals surface area contributed by atoms with Crippen LogP contribution >= 0.6 is 0 Å². The molecule has 1 aromatic rings. The van der Waals surface area contributed by atoms with Crippen LogP contribution in [0.25, 0.3) is 0 Å². The monoisotopic (exact) mass is 206 g/mol. The highest BCUT2D eigenvalue weighted by molar-refractivity contribution is 5.90. The highest BCUT2D eigenvalue weighted by Gasteiger charge is 2.23. The number of carbonyl (C=O) groups excluding carboxylic acids is 2. The van der Waals surface area contributed by atoms with Crippen LogP contribution in [0.15, 0.2) is 30.3 Å². The molecule has 1 aliphatic heterocycles. The Morgan fingerprint density at radius 1 is 1.33 bits per heavy atom. The second-order valence-corrected chi connectivity index (χ2v) is 3.10. The van der Waals surface area contributed by atoms with Crippen LogP contribution < -0.4 is 10.6 Å². The molecular weight excluding hydrogens is 196 g/mol. The molecule has 1 heterocycles. The maximum atomic E-state index is 11.5. The fourth-order valence-corrected chi connectivity index (χ4v) is 1.25. The maximum Gasteiger partial charge on any atom is 0.341 e. The summed E-state index contributed by atoms with van der Waals surface area (Å²) in [6.07, 6.45) is -0.717. The van der Waals surface area contributed by atoms with E-state index in [1.165, 1.54) is 0 Å². The van der Waals surface area contributed by atoms with Gasteiger partial charge < -0.3 is 10.1 Å². The van der Waals surface area contributed by atoms with E-state index in [2.05, 4.69) is 10.6 Å². The molecule has 0 aliphatic carbocycles. The topological polar surface area (TPSA) is 67.4 Å². The molecule has 0 spiro atoms. The largest absolute Gasteiger partial charge is 0.424 e. The van der Waals surface area contributed by atoms with Crippen molar-refractivity contribution in [2.75, 3.05) is 6.54 Å². The van der Waals surface area contributed by atoms with Gasteiger partial charge in [-0.1, -0.05) is 18.2 Å². The first-order chi connectivity index (χ1) is 7.25. The summed E-state index contributed by atoms with van der Waals surface area (Å²) in [5.41, 5.74) is 0.459. The van der Waals surface area contributed by atoms with Gasteiger partial charge in [0.1, 0.15) is 0 Å². The van der Waals surface area contributed by atoms with Crippen molar-refractivity contribution in [3.05, 3.63) is 35.9 Å². The molecule has 1 saturated heterocycles. The van der Waals surface area contributed by atoms with Gasteiger partial charge in [-0.3, -0.25) is 10.1 Å². The van der Waals surface area contributed by atoms with E-state index in [1.807, 2.05) is 6.07 Å². The highest BCUT2D eigenvalue weighted by Crippen LogP contribution is 2.02. The van der Waals surface area contributed by atoms with Crippen LogP contribution in [0.1, 0.15) is 10.4 Å². The minimum absolute atomic E-state index is 0.173. The number of nitrogens with one attached hydrogen (secondary N) is 2. The van der Waals surface area contributed by atoms with Gasteiger partial charge in [0.15, 0.2) is 0 Å². The average Bonchev–Trinajstić information content (AvgIpc) is 2.65. The Hall–Kier alpha value is -1.88. The molecule has 78 valence electrons. The summed E-state index contributed by atoms with van der Waals surface area (Å²) in [4.78, 5) is 22.3. The summed E-state index contributed by atoms with van der Waals surface area (Å²) in [6, 6.07) is 8.61. The predicted octanol–water partition coefficient (Wildman–Crippen LogP) is -0.154. The molecule has 5 heteroatoms. The van der Waals surface area contributed by atoms with Crippen LogP contribution in [0.3, 0.4) is 0 Å². The van der Waals surface area contributed by atoms with E-state index in [0.717, 1.165) is 0 Å². The highest BCUT2D eigenvalue weighted by atomic mass is 16.6. The first-order valence-electron chi connectivity index (χ1n) is 4.54. The molecule has 1 fully saturated rings. The van der Waals surface area contributed by atoms with Crippen LogP contribution in [-0.4, -0.2) is 24.8 Å². The third-order valence-corrected chi connectivity index (χ3v) is 1.97. The minimum Gasteiger partial charge on any atom is -0.424 e. The predicted molar refractivity (Wildman–Crippen MR) is 51.8 cm³/mol. The number of rotatable bonds is 2. The third-order valence-electron chi connectivity index (χ3n) is 1.97. The standard InChI is InChI=1S/C10H10N2O3/c13-8-6-11-10(12-8)15-9(14)7-4-2-1-3-5-7/h1-5,10-11H,6H2,(H,12,13). The molecule has 0 aromatic heterocycles. The van der Waals surface area contributed by atoms with Crippen molar-refractivity contribution in [2.24, 2.45) is 0 Å². The second kappa shape index (κ2) is 4.10. The SMILES string of the molecule is O=C1CNC(OC(=O)c2ccccc2)N1. The van der Waals surface area contributed by atoms with Crippen molar-refractivity contribution in [1.29, 1.82) is 0 Å². The van der Waals surface area contributed by atoms with Crippen molar-refractivity contribution in [2.45, 2.75) is 6.35 Å². The Bertz CT molecular complexity index is 378. The number of carbonyl (C=O) groups is 2. The number of benzene rings is 1. The summed E-state index contributed by atoms with van der Waals surface area (Å²) >= 11 is 0. The zero-order valence-corrected chi connectivity index (χ0v) is 7.90. The van der Waals surface area contributed by atoms with E-state index in [0.29, 0.717) is 5.56 Å². The Morgan fingerprint density at radius 3 is 2.67 bits per heavy atom. The van der Waals surface area contributed by atoms with Crippen LogP contribution in [0.4, 0.5) is 0 Å². The lowest BCUT2D eigenvalue weighted by molar-refractivity contribution is -0.119. The number of esters is 1. The number of ether oxygens (including phenoxy) is 1. The molecule has 1 amide bonds. The van der Waals surface area contributed by atoms with Gasteiger partial charge in [-0.05, 0) is 12.1 Å². The summed E-state index contributed by atoms with van der Waals surface area (Å²) < 4.78 is 4.99. The molecular formula is C10H10N2O3. The molecule has 1 atom stereocenters. The Kier molecular flexibility index (Phi) is 2.64. The zero-order valence-electron chi connectivity index (χ0n) is 7.90. The van der Waals surface area contributed by atoms with E-state index in [-0.39, 0.29) is 12.5 Å². The Labute approximate surface area is 86.4 Å². The smallest absolute Gasteiger partial charge is 0.341 e. The van der Waals surface area contributed by atoms with Crippen molar-refractivity contribution >= 4 is 11.9 Å². The minimum atomic E-state index is -0.717. The van der Waals surface area contributed by atoms with Crippen molar-refractivity contribution in [3.63, 3.8) is 0 Å². The van der Waals surface area contributed by atoms with E-state index in [1.54, 1.807) is 24.3 Å². The van der Waals surface area contributed by atoms with Crippen LogP contribution in [-0.2, 0) is 9.53 Å². The average molecular weight is 206 g/mol. The number of hydrogen-bond donors (Lipinski definition) is 2.